The molecular weight excluding hydrogens is 263 g/mol. The Bertz CT molecular complexity index is 515. The maximum Gasteiger partial charge on any atom is 0.244 e. The Hall–Kier alpha value is -2.37. The second kappa shape index (κ2) is 7.93. The van der Waals surface area contributed by atoms with Gasteiger partial charge in [0.15, 0.2) is 11.6 Å². The highest BCUT2D eigenvalue weighted by Gasteiger charge is 2.03. The molecule has 0 fully saturated rings. The molecule has 0 spiro atoms. The van der Waals surface area contributed by atoms with Crippen molar-refractivity contribution in [2.75, 3.05) is 20.2 Å². The molecule has 0 heterocycles. The summed E-state index contributed by atoms with van der Waals surface area (Å²) in [7, 11) is 1.38. The molecule has 0 aliphatic heterocycles. The molecule has 20 heavy (non-hydrogen) atoms. The van der Waals surface area contributed by atoms with Crippen LogP contribution >= 0.6 is 0 Å². The van der Waals surface area contributed by atoms with Gasteiger partial charge in [0, 0.05) is 12.6 Å². The summed E-state index contributed by atoms with van der Waals surface area (Å²) in [6.45, 7) is 2.21. The van der Waals surface area contributed by atoms with Gasteiger partial charge in [-0.25, -0.2) is 4.39 Å². The number of hydrogen-bond donors (Lipinski definition) is 2. The highest BCUT2D eigenvalue weighted by Crippen LogP contribution is 2.18. The summed E-state index contributed by atoms with van der Waals surface area (Å²) in [5.41, 5.74) is 0.524. The predicted octanol–water partition coefficient (Wildman–Crippen LogP) is 1.10. The molecule has 0 aliphatic carbocycles. The number of carbonyl (C=O) groups excluding carboxylic acids is 2. The minimum absolute atomic E-state index is 0.0893. The highest BCUT2D eigenvalue weighted by atomic mass is 19.1. The molecule has 0 atom stereocenters. The van der Waals surface area contributed by atoms with Crippen LogP contribution in [0.15, 0.2) is 24.3 Å². The summed E-state index contributed by atoms with van der Waals surface area (Å²) in [6.07, 6.45) is 2.69. The number of hydrogen-bond acceptors (Lipinski definition) is 3. The summed E-state index contributed by atoms with van der Waals surface area (Å²) in [6, 6.07) is 4.35. The fourth-order valence-corrected chi connectivity index (χ4v) is 1.44. The Morgan fingerprint density at radius 1 is 1.35 bits per heavy atom. The Labute approximate surface area is 116 Å². The van der Waals surface area contributed by atoms with E-state index in [4.69, 9.17) is 4.74 Å². The summed E-state index contributed by atoms with van der Waals surface area (Å²) < 4.78 is 18.2. The smallest absolute Gasteiger partial charge is 0.244 e. The second-order valence-electron chi connectivity index (χ2n) is 3.90. The first-order valence-corrected chi connectivity index (χ1v) is 6.13. The molecule has 0 unspecified atom stereocenters. The van der Waals surface area contributed by atoms with E-state index in [1.165, 1.54) is 31.4 Å². The Morgan fingerprint density at radius 3 is 2.70 bits per heavy atom. The molecule has 5 nitrogen and oxygen atoms in total. The van der Waals surface area contributed by atoms with Gasteiger partial charge in [-0.1, -0.05) is 6.07 Å². The van der Waals surface area contributed by atoms with Gasteiger partial charge in [-0.05, 0) is 30.7 Å². The van der Waals surface area contributed by atoms with Crippen molar-refractivity contribution in [3.63, 3.8) is 0 Å². The van der Waals surface area contributed by atoms with Gasteiger partial charge < -0.3 is 15.4 Å². The van der Waals surface area contributed by atoms with Crippen LogP contribution in [-0.4, -0.2) is 32.0 Å². The van der Waals surface area contributed by atoms with E-state index < -0.39 is 11.7 Å². The van der Waals surface area contributed by atoms with E-state index in [1.54, 1.807) is 13.0 Å². The zero-order chi connectivity index (χ0) is 15.0. The molecule has 108 valence electrons. The summed E-state index contributed by atoms with van der Waals surface area (Å²) in [4.78, 5) is 22.6. The first-order valence-electron chi connectivity index (χ1n) is 6.13. The normalized spacial score (nSPS) is 10.3. The zero-order valence-electron chi connectivity index (χ0n) is 11.4. The van der Waals surface area contributed by atoms with Crippen LogP contribution in [0.1, 0.15) is 12.5 Å². The average Bonchev–Trinajstić information content (AvgIpc) is 2.43. The van der Waals surface area contributed by atoms with Crippen LogP contribution in [0.2, 0.25) is 0 Å². The van der Waals surface area contributed by atoms with E-state index in [2.05, 4.69) is 10.6 Å². The zero-order valence-corrected chi connectivity index (χ0v) is 11.4. The molecule has 1 aromatic rings. The highest BCUT2D eigenvalue weighted by molar-refractivity contribution is 5.94. The molecule has 0 aliphatic rings. The van der Waals surface area contributed by atoms with Crippen molar-refractivity contribution in [1.82, 2.24) is 10.6 Å². The van der Waals surface area contributed by atoms with Gasteiger partial charge in [0.25, 0.3) is 0 Å². The van der Waals surface area contributed by atoms with Crippen LogP contribution in [-0.2, 0) is 9.59 Å². The van der Waals surface area contributed by atoms with Crippen molar-refractivity contribution in [2.24, 2.45) is 0 Å². The van der Waals surface area contributed by atoms with Gasteiger partial charge in [0.1, 0.15) is 0 Å². The quantitative estimate of drug-likeness (QED) is 0.767. The topological polar surface area (TPSA) is 67.4 Å². The van der Waals surface area contributed by atoms with Gasteiger partial charge in [-0.2, -0.15) is 0 Å². The number of benzene rings is 1. The minimum Gasteiger partial charge on any atom is -0.494 e. The van der Waals surface area contributed by atoms with Gasteiger partial charge in [0.05, 0.1) is 13.7 Å². The van der Waals surface area contributed by atoms with Gasteiger partial charge in [0.2, 0.25) is 11.8 Å². The van der Waals surface area contributed by atoms with Crippen LogP contribution in [0.5, 0.6) is 5.75 Å². The van der Waals surface area contributed by atoms with Crippen LogP contribution in [0.3, 0.4) is 0 Å². The van der Waals surface area contributed by atoms with Gasteiger partial charge >= 0.3 is 0 Å². The molecule has 1 rings (SSSR count). The maximum absolute atomic E-state index is 13.4. The standard InChI is InChI=1S/C14H17FN2O3/c1-3-16-14(19)9-17-13(18)7-5-10-4-6-12(20-2)11(15)8-10/h4-8H,3,9H2,1-2H3,(H,16,19)(H,17,18)/b7-5+. The first kappa shape index (κ1) is 15.7. The van der Waals surface area contributed by atoms with Crippen LogP contribution < -0.4 is 15.4 Å². The van der Waals surface area contributed by atoms with Crippen molar-refractivity contribution >= 4 is 17.9 Å². The number of nitrogens with one attached hydrogen (secondary N) is 2. The number of likely N-dealkylation sites (N-methyl/N-ethyl adjacent to an activating group) is 1. The van der Waals surface area contributed by atoms with E-state index in [0.29, 0.717) is 12.1 Å². The van der Waals surface area contributed by atoms with Crippen LogP contribution in [0.4, 0.5) is 4.39 Å². The van der Waals surface area contributed by atoms with E-state index in [9.17, 15) is 14.0 Å². The minimum atomic E-state index is -0.502. The van der Waals surface area contributed by atoms with E-state index in [-0.39, 0.29) is 18.2 Å². The van der Waals surface area contributed by atoms with Crippen molar-refractivity contribution in [3.8, 4) is 5.75 Å². The lowest BCUT2D eigenvalue weighted by molar-refractivity contribution is -0.123. The second-order valence-corrected chi connectivity index (χ2v) is 3.90. The maximum atomic E-state index is 13.4. The van der Waals surface area contributed by atoms with Crippen molar-refractivity contribution in [2.45, 2.75) is 6.92 Å². The number of carbonyl (C=O) groups is 2. The van der Waals surface area contributed by atoms with E-state index in [1.807, 2.05) is 0 Å². The Morgan fingerprint density at radius 2 is 2.10 bits per heavy atom. The SMILES string of the molecule is CCNC(=O)CNC(=O)/C=C/c1ccc(OC)c(F)c1. The lowest BCUT2D eigenvalue weighted by Gasteiger charge is -2.03. The number of halogens is 1. The van der Waals surface area contributed by atoms with Crippen molar-refractivity contribution in [3.05, 3.63) is 35.7 Å². The summed E-state index contributed by atoms with van der Waals surface area (Å²) >= 11 is 0. The van der Waals surface area contributed by atoms with Crippen molar-refractivity contribution < 1.29 is 18.7 Å². The Balaban J connectivity index is 2.53. The summed E-state index contributed by atoms with van der Waals surface area (Å²) in [5.74, 6) is -1.04. The molecule has 6 heteroatoms. The third-order valence-corrected chi connectivity index (χ3v) is 2.40. The lowest BCUT2D eigenvalue weighted by atomic mass is 10.2. The van der Waals surface area contributed by atoms with E-state index >= 15 is 0 Å². The number of amides is 2. The van der Waals surface area contributed by atoms with Crippen LogP contribution in [0.25, 0.3) is 6.08 Å². The molecule has 0 bridgehead atoms. The molecule has 2 amide bonds. The van der Waals surface area contributed by atoms with Crippen molar-refractivity contribution in [1.29, 1.82) is 0 Å². The molecule has 0 radical (unpaired) electrons. The monoisotopic (exact) mass is 280 g/mol. The van der Waals surface area contributed by atoms with Gasteiger partial charge in [-0.15, -0.1) is 0 Å². The first-order chi connectivity index (χ1) is 9.56. The molecule has 1 aromatic carbocycles. The summed E-state index contributed by atoms with van der Waals surface area (Å²) in [5, 5.41) is 4.97. The number of methoxy groups -OCH3 is 1. The average molecular weight is 280 g/mol. The fraction of sp³-hybridized carbons (Fsp3) is 0.286. The molecule has 0 aromatic heterocycles. The molecule has 0 saturated carbocycles. The Kier molecular flexibility index (Phi) is 6.22. The van der Waals surface area contributed by atoms with Crippen LogP contribution in [0, 0.1) is 5.82 Å². The lowest BCUT2D eigenvalue weighted by Crippen LogP contribution is -2.35. The predicted molar refractivity (Wildman–Crippen MR) is 73.7 cm³/mol. The fourth-order valence-electron chi connectivity index (χ4n) is 1.44. The third kappa shape index (κ3) is 5.09. The molecule has 2 N–H and O–H groups in total. The number of rotatable bonds is 6. The molecular formula is C14H17FN2O3. The molecule has 0 saturated heterocycles. The van der Waals surface area contributed by atoms with E-state index in [0.717, 1.165) is 0 Å². The van der Waals surface area contributed by atoms with Gasteiger partial charge in [-0.3, -0.25) is 9.59 Å². The third-order valence-electron chi connectivity index (χ3n) is 2.40. The number of ether oxygens (including phenoxy) is 1. The largest absolute Gasteiger partial charge is 0.494 e.